The van der Waals surface area contributed by atoms with Crippen LogP contribution < -0.4 is 4.90 Å². The fourth-order valence-electron chi connectivity index (χ4n) is 2.93. The standard InChI is InChI=1S/C20H19NO3S/c1-13-8-9-16(14(2)12-13)21-19(23)17(15-6-4-3-5-7-15)18(20(21)24)25-11-10-22/h3-9,12,22H,10-11H2,1-2H3. The lowest BCUT2D eigenvalue weighted by atomic mass is 10.1. The topological polar surface area (TPSA) is 57.6 Å². The molecule has 0 bridgehead atoms. The van der Waals surface area contributed by atoms with Gasteiger partial charge >= 0.3 is 0 Å². The number of aryl methyl sites for hydroxylation is 2. The first-order valence-corrected chi connectivity index (χ1v) is 9.02. The van der Waals surface area contributed by atoms with Gasteiger partial charge in [-0.25, -0.2) is 4.90 Å². The van der Waals surface area contributed by atoms with Crippen molar-refractivity contribution >= 4 is 34.8 Å². The Bertz CT molecular complexity index is 858. The van der Waals surface area contributed by atoms with Crippen LogP contribution in [0.25, 0.3) is 5.57 Å². The number of carbonyl (C=O) groups excluding carboxylic acids is 2. The molecule has 4 nitrogen and oxygen atoms in total. The Morgan fingerprint density at radius 1 is 1.00 bits per heavy atom. The largest absolute Gasteiger partial charge is 0.396 e. The van der Waals surface area contributed by atoms with E-state index in [4.69, 9.17) is 5.11 Å². The van der Waals surface area contributed by atoms with Crippen LogP contribution in [-0.2, 0) is 9.59 Å². The number of aliphatic hydroxyl groups excluding tert-OH is 1. The summed E-state index contributed by atoms with van der Waals surface area (Å²) in [4.78, 5) is 27.7. The minimum absolute atomic E-state index is 0.0543. The van der Waals surface area contributed by atoms with Crippen LogP contribution in [-0.4, -0.2) is 29.3 Å². The fraction of sp³-hybridized carbons (Fsp3) is 0.200. The van der Waals surface area contributed by atoms with Crippen molar-refractivity contribution in [3.8, 4) is 0 Å². The Labute approximate surface area is 151 Å². The summed E-state index contributed by atoms with van der Waals surface area (Å²) in [6.07, 6.45) is 0. The van der Waals surface area contributed by atoms with Crippen LogP contribution in [0.5, 0.6) is 0 Å². The van der Waals surface area contributed by atoms with Gasteiger partial charge in [0.05, 0.1) is 22.8 Å². The van der Waals surface area contributed by atoms with Crippen molar-refractivity contribution in [2.24, 2.45) is 0 Å². The Hall–Kier alpha value is -2.37. The predicted octanol–water partition coefficient (Wildman–Crippen LogP) is 3.31. The minimum atomic E-state index is -0.325. The molecular formula is C20H19NO3S. The predicted molar refractivity (Wildman–Crippen MR) is 101 cm³/mol. The van der Waals surface area contributed by atoms with E-state index in [0.717, 1.165) is 11.1 Å². The van der Waals surface area contributed by atoms with Gasteiger partial charge in [-0.05, 0) is 31.0 Å². The molecule has 0 unspecified atom stereocenters. The Kier molecular flexibility index (Phi) is 5.06. The normalized spacial score (nSPS) is 14.6. The SMILES string of the molecule is Cc1ccc(N2C(=O)C(SCCO)=C(c3ccccc3)C2=O)c(C)c1. The first kappa shape index (κ1) is 17.5. The van der Waals surface area contributed by atoms with Crippen molar-refractivity contribution in [1.82, 2.24) is 0 Å². The highest BCUT2D eigenvalue weighted by atomic mass is 32.2. The second kappa shape index (κ2) is 7.25. The number of thioether (sulfide) groups is 1. The smallest absolute Gasteiger partial charge is 0.272 e. The van der Waals surface area contributed by atoms with Crippen LogP contribution in [0.1, 0.15) is 16.7 Å². The zero-order valence-corrected chi connectivity index (χ0v) is 15.0. The molecule has 3 rings (SSSR count). The average Bonchev–Trinajstić information content (AvgIpc) is 2.84. The van der Waals surface area contributed by atoms with E-state index in [1.807, 2.05) is 62.4 Å². The maximum absolute atomic E-state index is 13.1. The lowest BCUT2D eigenvalue weighted by Crippen LogP contribution is -2.32. The number of hydrogen-bond donors (Lipinski definition) is 1. The van der Waals surface area contributed by atoms with E-state index < -0.39 is 0 Å². The van der Waals surface area contributed by atoms with Gasteiger partial charge in [-0.15, -0.1) is 11.8 Å². The summed E-state index contributed by atoms with van der Waals surface area (Å²) in [5, 5.41) is 9.14. The molecule has 0 radical (unpaired) electrons. The van der Waals surface area contributed by atoms with E-state index in [-0.39, 0.29) is 18.4 Å². The lowest BCUT2D eigenvalue weighted by molar-refractivity contribution is -0.119. The number of nitrogens with zero attached hydrogens (tertiary/aromatic N) is 1. The quantitative estimate of drug-likeness (QED) is 0.838. The van der Waals surface area contributed by atoms with E-state index >= 15 is 0 Å². The number of rotatable bonds is 5. The summed E-state index contributed by atoms with van der Waals surface area (Å²) in [7, 11) is 0. The van der Waals surface area contributed by atoms with Crippen LogP contribution >= 0.6 is 11.8 Å². The zero-order valence-electron chi connectivity index (χ0n) is 14.2. The lowest BCUT2D eigenvalue weighted by Gasteiger charge is -2.18. The molecule has 2 aromatic rings. The van der Waals surface area contributed by atoms with Crippen molar-refractivity contribution in [3.63, 3.8) is 0 Å². The summed E-state index contributed by atoms with van der Waals surface area (Å²) >= 11 is 1.22. The molecule has 25 heavy (non-hydrogen) atoms. The average molecular weight is 353 g/mol. The van der Waals surface area contributed by atoms with Gasteiger partial charge in [-0.3, -0.25) is 9.59 Å². The number of benzene rings is 2. The zero-order chi connectivity index (χ0) is 18.0. The molecule has 0 saturated carbocycles. The molecule has 1 heterocycles. The molecule has 1 aliphatic rings. The third-order valence-corrected chi connectivity index (χ3v) is 5.09. The Morgan fingerprint density at radius 3 is 2.36 bits per heavy atom. The van der Waals surface area contributed by atoms with Crippen LogP contribution in [0, 0.1) is 13.8 Å². The first-order valence-electron chi connectivity index (χ1n) is 8.04. The maximum atomic E-state index is 13.1. The molecule has 0 atom stereocenters. The molecule has 0 saturated heterocycles. The van der Waals surface area contributed by atoms with E-state index in [9.17, 15) is 9.59 Å². The molecule has 128 valence electrons. The van der Waals surface area contributed by atoms with E-state index in [0.29, 0.717) is 27.5 Å². The highest BCUT2D eigenvalue weighted by Crippen LogP contribution is 2.39. The molecular weight excluding hydrogens is 334 g/mol. The summed E-state index contributed by atoms with van der Waals surface area (Å²) in [5.74, 6) is -0.274. The highest BCUT2D eigenvalue weighted by molar-refractivity contribution is 8.04. The van der Waals surface area contributed by atoms with Crippen LogP contribution in [0.4, 0.5) is 5.69 Å². The van der Waals surface area contributed by atoms with Crippen LogP contribution in [0.2, 0.25) is 0 Å². The number of anilines is 1. The van der Waals surface area contributed by atoms with Crippen molar-refractivity contribution in [1.29, 1.82) is 0 Å². The number of amides is 2. The number of aliphatic hydroxyl groups is 1. The van der Waals surface area contributed by atoms with Crippen molar-refractivity contribution in [3.05, 3.63) is 70.1 Å². The third-order valence-electron chi connectivity index (χ3n) is 4.03. The number of imide groups is 1. The third kappa shape index (κ3) is 3.25. The molecule has 2 amide bonds. The first-order chi connectivity index (χ1) is 12.0. The fourth-order valence-corrected chi connectivity index (χ4v) is 3.79. The summed E-state index contributed by atoms with van der Waals surface area (Å²) in [6, 6.07) is 14.9. The van der Waals surface area contributed by atoms with Gasteiger partial charge in [0.25, 0.3) is 11.8 Å². The van der Waals surface area contributed by atoms with Gasteiger partial charge in [-0.1, -0.05) is 48.0 Å². The number of carbonyl (C=O) groups is 2. The van der Waals surface area contributed by atoms with E-state index in [2.05, 4.69) is 0 Å². The molecule has 5 heteroatoms. The summed E-state index contributed by atoms with van der Waals surface area (Å²) in [5.41, 5.74) is 3.68. The summed E-state index contributed by atoms with van der Waals surface area (Å²) in [6.45, 7) is 3.81. The molecule has 1 N–H and O–H groups in total. The van der Waals surface area contributed by atoms with Crippen molar-refractivity contribution < 1.29 is 14.7 Å². The highest BCUT2D eigenvalue weighted by Gasteiger charge is 2.40. The molecule has 0 aromatic heterocycles. The second-order valence-corrected chi connectivity index (χ2v) is 6.98. The van der Waals surface area contributed by atoms with Gasteiger partial charge in [0, 0.05) is 5.75 Å². The number of hydrogen-bond acceptors (Lipinski definition) is 4. The van der Waals surface area contributed by atoms with E-state index in [1.54, 1.807) is 0 Å². The maximum Gasteiger partial charge on any atom is 0.272 e. The molecule has 0 aliphatic carbocycles. The summed E-state index contributed by atoms with van der Waals surface area (Å²) < 4.78 is 0. The van der Waals surface area contributed by atoms with Crippen LogP contribution in [0.3, 0.4) is 0 Å². The Balaban J connectivity index is 2.09. The van der Waals surface area contributed by atoms with Crippen molar-refractivity contribution in [2.75, 3.05) is 17.3 Å². The molecule has 0 fully saturated rings. The van der Waals surface area contributed by atoms with E-state index in [1.165, 1.54) is 16.7 Å². The Morgan fingerprint density at radius 2 is 1.72 bits per heavy atom. The minimum Gasteiger partial charge on any atom is -0.396 e. The van der Waals surface area contributed by atoms with Crippen LogP contribution in [0.15, 0.2) is 53.4 Å². The van der Waals surface area contributed by atoms with Gasteiger partial charge < -0.3 is 5.11 Å². The monoisotopic (exact) mass is 353 g/mol. The van der Waals surface area contributed by atoms with Gasteiger partial charge in [0.15, 0.2) is 0 Å². The molecule has 2 aromatic carbocycles. The van der Waals surface area contributed by atoms with Gasteiger partial charge in [0.1, 0.15) is 0 Å². The second-order valence-electron chi connectivity index (χ2n) is 5.88. The van der Waals surface area contributed by atoms with Crippen molar-refractivity contribution in [2.45, 2.75) is 13.8 Å². The van der Waals surface area contributed by atoms with Gasteiger partial charge in [0.2, 0.25) is 0 Å². The van der Waals surface area contributed by atoms with Gasteiger partial charge in [-0.2, -0.15) is 0 Å². The molecule has 1 aliphatic heterocycles. The molecule has 0 spiro atoms.